The minimum Gasteiger partial charge on any atom is -0.492 e. The second-order valence-corrected chi connectivity index (χ2v) is 9.12. The van der Waals surface area contributed by atoms with Crippen molar-refractivity contribution in [3.63, 3.8) is 0 Å². The first-order chi connectivity index (χ1) is 17.7. The van der Waals surface area contributed by atoms with Crippen LogP contribution in [-0.4, -0.2) is 83.2 Å². The molecule has 2 aliphatic heterocycles. The van der Waals surface area contributed by atoms with E-state index < -0.39 is 49.1 Å². The van der Waals surface area contributed by atoms with Crippen molar-refractivity contribution in [2.75, 3.05) is 24.7 Å². The number of nitrogens with one attached hydrogen (secondary N) is 1. The molecule has 0 radical (unpaired) electrons. The highest BCUT2D eigenvalue weighted by Crippen LogP contribution is 2.31. The quantitative estimate of drug-likeness (QED) is 0.371. The van der Waals surface area contributed by atoms with Crippen molar-refractivity contribution in [2.45, 2.75) is 51.4 Å². The molecule has 2 heterocycles. The predicted molar refractivity (Wildman–Crippen MR) is 133 cm³/mol. The summed E-state index contributed by atoms with van der Waals surface area (Å²) in [5.41, 5.74) is 3.21. The van der Waals surface area contributed by atoms with Gasteiger partial charge in [-0.2, -0.15) is 0 Å². The van der Waals surface area contributed by atoms with Crippen LogP contribution in [-0.2, 0) is 19.2 Å². The Bertz CT molecular complexity index is 1170. The first-order valence-corrected chi connectivity index (χ1v) is 12.0. The van der Waals surface area contributed by atoms with E-state index in [2.05, 4.69) is 10.5 Å². The minimum absolute atomic E-state index is 0.0142. The molecule has 2 aromatic carbocycles. The number of aliphatic hydroxyl groups excluding tert-OH is 3. The number of benzene rings is 2. The highest BCUT2D eigenvalue weighted by Gasteiger charge is 2.46. The van der Waals surface area contributed by atoms with Gasteiger partial charge in [-0.15, -0.1) is 0 Å². The van der Waals surface area contributed by atoms with Crippen LogP contribution < -0.4 is 15.0 Å². The molecule has 2 aliphatic rings. The molecule has 198 valence electrons. The standard InChI is InChI=1S/C26H31N3O8/c1-14-4-7-17(8-5-14)35-11-10-29-19-9-6-15(2)12-18(19)21(25(29)34)28-37-26-22(27-16(3)31)24(33)23(32)20(13-30)36-26/h4-9,12,20,22-24,26,30,32-33H,10-11,13H2,1-3H3,(H,27,31). The number of carbonyl (C=O) groups excluding carboxylic acids is 2. The fraction of sp³-hybridized carbons (Fsp3) is 0.423. The van der Waals surface area contributed by atoms with Gasteiger partial charge in [0, 0.05) is 12.5 Å². The highest BCUT2D eigenvalue weighted by atomic mass is 16.8. The van der Waals surface area contributed by atoms with Crippen molar-refractivity contribution >= 4 is 23.2 Å². The maximum atomic E-state index is 13.3. The number of amides is 2. The molecule has 0 aromatic heterocycles. The molecule has 0 saturated carbocycles. The third-order valence-electron chi connectivity index (χ3n) is 6.25. The number of ether oxygens (including phenoxy) is 2. The number of aryl methyl sites for hydroxylation is 2. The molecule has 0 aliphatic carbocycles. The van der Waals surface area contributed by atoms with E-state index in [9.17, 15) is 24.9 Å². The van der Waals surface area contributed by atoms with Crippen molar-refractivity contribution in [1.82, 2.24) is 5.32 Å². The van der Waals surface area contributed by atoms with E-state index in [0.717, 1.165) is 11.1 Å². The van der Waals surface area contributed by atoms with Crippen LogP contribution in [0.4, 0.5) is 5.69 Å². The lowest BCUT2D eigenvalue weighted by molar-refractivity contribution is -0.270. The summed E-state index contributed by atoms with van der Waals surface area (Å²) in [6, 6.07) is 11.9. The molecule has 11 nitrogen and oxygen atoms in total. The Labute approximate surface area is 214 Å². The lowest BCUT2D eigenvalue weighted by Gasteiger charge is -2.40. The van der Waals surface area contributed by atoms with E-state index >= 15 is 0 Å². The number of fused-ring (bicyclic) bond motifs is 1. The summed E-state index contributed by atoms with van der Waals surface area (Å²) in [5.74, 6) is -0.225. The van der Waals surface area contributed by atoms with Gasteiger partial charge < -0.3 is 39.8 Å². The summed E-state index contributed by atoms with van der Waals surface area (Å²) in [5, 5.41) is 36.7. The molecule has 0 bridgehead atoms. The molecule has 1 saturated heterocycles. The number of hydrogen-bond acceptors (Lipinski definition) is 9. The average molecular weight is 514 g/mol. The van der Waals surface area contributed by atoms with Crippen LogP contribution in [0.3, 0.4) is 0 Å². The van der Waals surface area contributed by atoms with Crippen LogP contribution in [0.1, 0.15) is 23.6 Å². The zero-order chi connectivity index (χ0) is 26.7. The maximum absolute atomic E-state index is 13.3. The number of hydrogen-bond donors (Lipinski definition) is 4. The second kappa shape index (κ2) is 11.3. The summed E-state index contributed by atoms with van der Waals surface area (Å²) < 4.78 is 11.3. The molecular weight excluding hydrogens is 482 g/mol. The van der Waals surface area contributed by atoms with E-state index in [1.165, 1.54) is 11.8 Å². The maximum Gasteiger partial charge on any atom is 0.281 e. The molecule has 0 spiro atoms. The first-order valence-electron chi connectivity index (χ1n) is 12.0. The third-order valence-corrected chi connectivity index (χ3v) is 6.25. The monoisotopic (exact) mass is 513 g/mol. The summed E-state index contributed by atoms with van der Waals surface area (Å²) in [6.45, 7) is 5.00. The fourth-order valence-electron chi connectivity index (χ4n) is 4.29. The van der Waals surface area contributed by atoms with Crippen LogP contribution in [0.5, 0.6) is 5.75 Å². The van der Waals surface area contributed by atoms with Crippen molar-refractivity contribution in [2.24, 2.45) is 5.16 Å². The number of anilines is 1. The molecular formula is C26H31N3O8. The van der Waals surface area contributed by atoms with Gasteiger partial charge in [-0.1, -0.05) is 34.5 Å². The molecule has 11 heteroatoms. The Balaban J connectivity index is 1.54. The predicted octanol–water partition coefficient (Wildman–Crippen LogP) is 0.393. The zero-order valence-electron chi connectivity index (χ0n) is 20.8. The van der Waals surface area contributed by atoms with Gasteiger partial charge in [0.05, 0.1) is 18.8 Å². The molecule has 5 unspecified atom stereocenters. The van der Waals surface area contributed by atoms with E-state index in [1.807, 2.05) is 50.2 Å². The van der Waals surface area contributed by atoms with Crippen LogP contribution >= 0.6 is 0 Å². The molecule has 37 heavy (non-hydrogen) atoms. The number of aliphatic hydroxyl groups is 3. The molecule has 2 aromatic rings. The fourth-order valence-corrected chi connectivity index (χ4v) is 4.29. The summed E-state index contributed by atoms with van der Waals surface area (Å²) >= 11 is 0. The SMILES string of the molecule is CC(=O)NC1C(ON=C2C(=O)N(CCOc3ccc(C)cc3)c3ccc(C)cc32)OC(CO)C(O)C1O. The van der Waals surface area contributed by atoms with Gasteiger partial charge in [0.1, 0.15) is 36.7 Å². The van der Waals surface area contributed by atoms with Gasteiger partial charge in [0.25, 0.3) is 5.91 Å². The Morgan fingerprint density at radius 2 is 1.81 bits per heavy atom. The van der Waals surface area contributed by atoms with E-state index in [-0.39, 0.29) is 18.9 Å². The Morgan fingerprint density at radius 1 is 1.11 bits per heavy atom. The first kappa shape index (κ1) is 26.6. The van der Waals surface area contributed by atoms with Gasteiger partial charge in [-0.3, -0.25) is 9.59 Å². The van der Waals surface area contributed by atoms with Crippen molar-refractivity contribution in [3.05, 3.63) is 59.2 Å². The molecule has 5 atom stereocenters. The molecule has 4 rings (SSSR count). The van der Waals surface area contributed by atoms with Gasteiger partial charge in [0.15, 0.2) is 5.71 Å². The molecule has 2 amide bonds. The van der Waals surface area contributed by atoms with Gasteiger partial charge in [-0.05, 0) is 38.1 Å². The Hall–Kier alpha value is -3.51. The van der Waals surface area contributed by atoms with Crippen molar-refractivity contribution < 1.29 is 39.2 Å². The molecule has 4 N–H and O–H groups in total. The Morgan fingerprint density at radius 3 is 2.49 bits per heavy atom. The number of nitrogens with zero attached hydrogens (tertiary/aromatic N) is 2. The third kappa shape index (κ3) is 5.75. The summed E-state index contributed by atoms with van der Waals surface area (Å²) in [4.78, 5) is 32.1. The van der Waals surface area contributed by atoms with E-state index in [4.69, 9.17) is 14.3 Å². The van der Waals surface area contributed by atoms with Crippen LogP contribution in [0.2, 0.25) is 0 Å². The minimum atomic E-state index is -1.50. The largest absolute Gasteiger partial charge is 0.492 e. The molecule has 1 fully saturated rings. The number of oxime groups is 1. The normalized spacial score (nSPS) is 26.2. The van der Waals surface area contributed by atoms with Gasteiger partial charge >= 0.3 is 0 Å². The topological polar surface area (TPSA) is 150 Å². The van der Waals surface area contributed by atoms with E-state index in [1.54, 1.807) is 6.07 Å². The van der Waals surface area contributed by atoms with Crippen LogP contribution in [0.25, 0.3) is 0 Å². The summed E-state index contributed by atoms with van der Waals surface area (Å²) in [6.07, 6.45) is -5.50. The van der Waals surface area contributed by atoms with Gasteiger partial charge in [-0.25, -0.2) is 0 Å². The summed E-state index contributed by atoms with van der Waals surface area (Å²) in [7, 11) is 0. The van der Waals surface area contributed by atoms with Crippen LogP contribution in [0.15, 0.2) is 47.6 Å². The van der Waals surface area contributed by atoms with Crippen molar-refractivity contribution in [1.29, 1.82) is 0 Å². The van der Waals surface area contributed by atoms with Crippen LogP contribution in [0, 0.1) is 13.8 Å². The average Bonchev–Trinajstić information content (AvgIpc) is 3.12. The lowest BCUT2D eigenvalue weighted by atomic mass is 9.97. The van der Waals surface area contributed by atoms with Gasteiger partial charge in [0.2, 0.25) is 12.2 Å². The Kier molecular flexibility index (Phi) is 8.08. The van der Waals surface area contributed by atoms with E-state index in [0.29, 0.717) is 17.0 Å². The zero-order valence-corrected chi connectivity index (χ0v) is 20.8. The smallest absolute Gasteiger partial charge is 0.281 e. The highest BCUT2D eigenvalue weighted by molar-refractivity contribution is 6.54. The van der Waals surface area contributed by atoms with Crippen molar-refractivity contribution in [3.8, 4) is 5.75 Å². The lowest BCUT2D eigenvalue weighted by Crippen LogP contribution is -2.64. The second-order valence-electron chi connectivity index (χ2n) is 9.12. The number of carbonyl (C=O) groups is 2. The number of rotatable bonds is 8.